The fourth-order valence-electron chi connectivity index (χ4n) is 2.14. The molecule has 3 nitrogen and oxygen atoms in total. The van der Waals surface area contributed by atoms with Gasteiger partial charge >= 0.3 is 0 Å². The Balaban J connectivity index is 2.28. The Kier molecular flexibility index (Phi) is 3.30. The van der Waals surface area contributed by atoms with Gasteiger partial charge in [-0.05, 0) is 43.0 Å². The normalized spacial score (nSPS) is 21.9. The summed E-state index contributed by atoms with van der Waals surface area (Å²) in [7, 11) is -3.08. The zero-order chi connectivity index (χ0) is 11.6. The summed E-state index contributed by atoms with van der Waals surface area (Å²) in [5, 5.41) is 3.34. The summed E-state index contributed by atoms with van der Waals surface area (Å²) < 4.78 is 22.9. The topological polar surface area (TPSA) is 46.2 Å². The van der Waals surface area contributed by atoms with Gasteiger partial charge in [0.05, 0.1) is 4.90 Å². The molecule has 1 atom stereocenters. The van der Waals surface area contributed by atoms with E-state index in [0.29, 0.717) is 10.8 Å². The van der Waals surface area contributed by atoms with E-state index in [1.807, 2.05) is 18.2 Å². The highest BCUT2D eigenvalue weighted by atomic mass is 32.2. The van der Waals surface area contributed by atoms with Crippen LogP contribution in [-0.4, -0.2) is 27.8 Å². The van der Waals surface area contributed by atoms with Crippen LogP contribution in [0.5, 0.6) is 0 Å². The van der Waals surface area contributed by atoms with Crippen LogP contribution in [0.4, 0.5) is 0 Å². The third-order valence-corrected chi connectivity index (χ3v) is 4.16. The lowest BCUT2D eigenvalue weighted by Crippen LogP contribution is -2.28. The van der Waals surface area contributed by atoms with Crippen molar-refractivity contribution in [1.82, 2.24) is 5.32 Å². The van der Waals surface area contributed by atoms with E-state index < -0.39 is 9.84 Å². The minimum absolute atomic E-state index is 0.426. The van der Waals surface area contributed by atoms with Crippen molar-refractivity contribution in [3.8, 4) is 0 Å². The number of sulfone groups is 1. The maximum Gasteiger partial charge on any atom is 0.175 e. The van der Waals surface area contributed by atoms with Crippen LogP contribution in [0.15, 0.2) is 29.2 Å². The van der Waals surface area contributed by atoms with Crippen molar-refractivity contribution < 1.29 is 8.42 Å². The van der Waals surface area contributed by atoms with Crippen LogP contribution in [0.2, 0.25) is 0 Å². The predicted molar refractivity (Wildman–Crippen MR) is 64.4 cm³/mol. The average molecular weight is 239 g/mol. The maximum atomic E-state index is 11.5. The molecule has 4 heteroatoms. The first-order chi connectivity index (χ1) is 7.57. The largest absolute Gasteiger partial charge is 0.316 e. The minimum Gasteiger partial charge on any atom is -0.316 e. The molecule has 0 spiro atoms. The molecule has 0 saturated carbocycles. The highest BCUT2D eigenvalue weighted by molar-refractivity contribution is 7.90. The van der Waals surface area contributed by atoms with Gasteiger partial charge in [-0.3, -0.25) is 0 Å². The highest BCUT2D eigenvalue weighted by Crippen LogP contribution is 2.24. The van der Waals surface area contributed by atoms with Gasteiger partial charge in [0.2, 0.25) is 0 Å². The van der Waals surface area contributed by atoms with Gasteiger partial charge in [0.15, 0.2) is 9.84 Å². The quantitative estimate of drug-likeness (QED) is 0.852. The van der Waals surface area contributed by atoms with Gasteiger partial charge in [-0.25, -0.2) is 8.42 Å². The standard InChI is InChI=1S/C12H17NO2S/c1-16(14,15)12-6-2-4-10(8-12)11-5-3-7-13-9-11/h2,4,6,8,11,13H,3,5,7,9H2,1H3. The second-order valence-corrected chi connectivity index (χ2v) is 6.40. The molecule has 1 heterocycles. The van der Waals surface area contributed by atoms with Gasteiger partial charge in [0.1, 0.15) is 0 Å². The van der Waals surface area contributed by atoms with Crippen molar-refractivity contribution in [1.29, 1.82) is 0 Å². The number of hydrogen-bond acceptors (Lipinski definition) is 3. The zero-order valence-electron chi connectivity index (χ0n) is 9.44. The van der Waals surface area contributed by atoms with E-state index in [2.05, 4.69) is 5.32 Å². The molecule has 1 N–H and O–H groups in total. The Morgan fingerprint density at radius 2 is 2.19 bits per heavy atom. The summed E-state index contributed by atoms with van der Waals surface area (Å²) in [6, 6.07) is 7.33. The van der Waals surface area contributed by atoms with Crippen molar-refractivity contribution in [2.24, 2.45) is 0 Å². The van der Waals surface area contributed by atoms with Crippen molar-refractivity contribution in [2.45, 2.75) is 23.7 Å². The number of piperidine rings is 1. The molecule has 0 radical (unpaired) electrons. The van der Waals surface area contributed by atoms with Crippen LogP contribution < -0.4 is 5.32 Å². The van der Waals surface area contributed by atoms with Crippen molar-refractivity contribution >= 4 is 9.84 Å². The molecule has 0 bridgehead atoms. The maximum absolute atomic E-state index is 11.5. The third kappa shape index (κ3) is 2.62. The second-order valence-electron chi connectivity index (χ2n) is 4.39. The summed E-state index contributed by atoms with van der Waals surface area (Å²) >= 11 is 0. The number of nitrogens with one attached hydrogen (secondary N) is 1. The summed E-state index contributed by atoms with van der Waals surface area (Å²) in [6.45, 7) is 2.02. The highest BCUT2D eigenvalue weighted by Gasteiger charge is 2.16. The first-order valence-electron chi connectivity index (χ1n) is 5.58. The van der Waals surface area contributed by atoms with Gasteiger partial charge in [0.25, 0.3) is 0 Å². The molecule has 0 aromatic heterocycles. The molecule has 0 amide bonds. The molecule has 2 rings (SSSR count). The van der Waals surface area contributed by atoms with Gasteiger partial charge in [0, 0.05) is 12.8 Å². The van der Waals surface area contributed by atoms with E-state index >= 15 is 0 Å². The summed E-state index contributed by atoms with van der Waals surface area (Å²) in [4.78, 5) is 0.426. The minimum atomic E-state index is -3.08. The molecule has 16 heavy (non-hydrogen) atoms. The van der Waals surface area contributed by atoms with E-state index in [-0.39, 0.29) is 0 Å². The lowest BCUT2D eigenvalue weighted by atomic mass is 9.92. The number of benzene rings is 1. The van der Waals surface area contributed by atoms with Crippen LogP contribution in [0.3, 0.4) is 0 Å². The van der Waals surface area contributed by atoms with Crippen LogP contribution in [0, 0.1) is 0 Å². The summed E-state index contributed by atoms with van der Waals surface area (Å²) in [6.07, 6.45) is 3.55. The molecule has 1 aliphatic rings. The van der Waals surface area contributed by atoms with Crippen molar-refractivity contribution in [3.05, 3.63) is 29.8 Å². The molecule has 1 aromatic carbocycles. The Hall–Kier alpha value is -0.870. The Morgan fingerprint density at radius 1 is 1.38 bits per heavy atom. The molecule has 1 aliphatic heterocycles. The smallest absolute Gasteiger partial charge is 0.175 e. The van der Waals surface area contributed by atoms with Gasteiger partial charge in [-0.15, -0.1) is 0 Å². The van der Waals surface area contributed by atoms with Crippen LogP contribution in [-0.2, 0) is 9.84 Å². The van der Waals surface area contributed by atoms with E-state index in [1.54, 1.807) is 6.07 Å². The molecular weight excluding hydrogens is 222 g/mol. The van der Waals surface area contributed by atoms with E-state index in [9.17, 15) is 8.42 Å². The Labute approximate surface area is 96.8 Å². The molecule has 1 fully saturated rings. The predicted octanol–water partition coefficient (Wildman–Crippen LogP) is 1.56. The molecule has 1 aromatic rings. The number of rotatable bonds is 2. The van der Waals surface area contributed by atoms with Crippen molar-refractivity contribution in [3.63, 3.8) is 0 Å². The summed E-state index contributed by atoms with van der Waals surface area (Å²) in [5.41, 5.74) is 1.13. The molecular formula is C12H17NO2S. The van der Waals surface area contributed by atoms with Crippen molar-refractivity contribution in [2.75, 3.05) is 19.3 Å². The van der Waals surface area contributed by atoms with Gasteiger partial charge in [-0.1, -0.05) is 12.1 Å². The summed E-state index contributed by atoms with van der Waals surface area (Å²) in [5.74, 6) is 0.454. The fraction of sp³-hybridized carbons (Fsp3) is 0.500. The first-order valence-corrected chi connectivity index (χ1v) is 7.47. The SMILES string of the molecule is CS(=O)(=O)c1cccc(C2CCCNC2)c1. The monoisotopic (exact) mass is 239 g/mol. The Bertz CT molecular complexity index is 462. The van der Waals surface area contributed by atoms with Crippen LogP contribution in [0.25, 0.3) is 0 Å². The average Bonchev–Trinajstić information content (AvgIpc) is 2.29. The first kappa shape index (κ1) is 11.6. The van der Waals surface area contributed by atoms with E-state index in [4.69, 9.17) is 0 Å². The molecule has 1 unspecified atom stereocenters. The van der Waals surface area contributed by atoms with Crippen LogP contribution >= 0.6 is 0 Å². The van der Waals surface area contributed by atoms with Crippen LogP contribution in [0.1, 0.15) is 24.3 Å². The number of hydrogen-bond donors (Lipinski definition) is 1. The lowest BCUT2D eigenvalue weighted by Gasteiger charge is -2.23. The zero-order valence-corrected chi connectivity index (χ0v) is 10.3. The lowest BCUT2D eigenvalue weighted by molar-refractivity contribution is 0.461. The van der Waals surface area contributed by atoms with Gasteiger partial charge < -0.3 is 5.32 Å². The third-order valence-electron chi connectivity index (χ3n) is 3.05. The van der Waals surface area contributed by atoms with E-state index in [0.717, 1.165) is 31.5 Å². The fourth-order valence-corrected chi connectivity index (χ4v) is 2.81. The molecule has 88 valence electrons. The van der Waals surface area contributed by atoms with E-state index in [1.165, 1.54) is 6.26 Å². The molecule has 1 saturated heterocycles. The molecule has 0 aliphatic carbocycles. The Morgan fingerprint density at radius 3 is 2.81 bits per heavy atom. The second kappa shape index (κ2) is 4.55. The van der Waals surface area contributed by atoms with Gasteiger partial charge in [-0.2, -0.15) is 0 Å².